The number of aromatic nitrogens is 4. The van der Waals surface area contributed by atoms with Crippen LogP contribution >= 0.6 is 11.8 Å². The molecule has 1 amide bonds. The van der Waals surface area contributed by atoms with Crippen molar-refractivity contribution < 1.29 is 14.3 Å². The van der Waals surface area contributed by atoms with Crippen molar-refractivity contribution >= 4 is 34.3 Å². The maximum absolute atomic E-state index is 13.0. The Morgan fingerprint density at radius 1 is 1.00 bits per heavy atom. The summed E-state index contributed by atoms with van der Waals surface area (Å²) in [5.74, 6) is 1.96. The average molecular weight is 528 g/mol. The molecule has 194 valence electrons. The zero-order valence-corrected chi connectivity index (χ0v) is 22.8. The Morgan fingerprint density at radius 2 is 1.76 bits per heavy atom. The van der Waals surface area contributed by atoms with Gasteiger partial charge < -0.3 is 19.8 Å². The first-order chi connectivity index (χ1) is 18.4. The normalized spacial score (nSPS) is 11.1. The zero-order valence-electron chi connectivity index (χ0n) is 22.0. The first-order valence-corrected chi connectivity index (χ1v) is 13.1. The van der Waals surface area contributed by atoms with E-state index >= 15 is 0 Å². The summed E-state index contributed by atoms with van der Waals surface area (Å²) in [5.41, 5.74) is 6.67. The number of aryl methyl sites for hydroxylation is 3. The van der Waals surface area contributed by atoms with Crippen LogP contribution in [0.1, 0.15) is 16.7 Å². The molecule has 0 saturated carbocycles. The molecular formula is C29H29N5O3S. The van der Waals surface area contributed by atoms with Crippen LogP contribution in [0.25, 0.3) is 28.0 Å². The summed E-state index contributed by atoms with van der Waals surface area (Å²) < 4.78 is 13.1. The Hall–Kier alpha value is -4.24. The Bertz CT molecular complexity index is 1620. The first-order valence-electron chi connectivity index (χ1n) is 12.1. The molecule has 0 radical (unpaired) electrons. The molecule has 2 N–H and O–H groups in total. The van der Waals surface area contributed by atoms with E-state index in [2.05, 4.69) is 32.6 Å². The molecule has 0 bridgehead atoms. The number of H-pyrrole nitrogens is 1. The summed E-state index contributed by atoms with van der Waals surface area (Å²) in [6, 6.07) is 17.7. The summed E-state index contributed by atoms with van der Waals surface area (Å²) in [6.45, 7) is 6.05. The zero-order chi connectivity index (χ0) is 26.8. The fourth-order valence-corrected chi connectivity index (χ4v) is 5.41. The van der Waals surface area contributed by atoms with Crippen LogP contribution in [0.15, 0.2) is 66.0 Å². The number of thioether (sulfide) groups is 1. The SMILES string of the molecule is COc1ccc(OC)c(-n2c(SCC(=O)Nc3c(C)cc(C)cc3C)nnc2-c2c[nH]c3ccccc23)c1. The summed E-state index contributed by atoms with van der Waals surface area (Å²) in [7, 11) is 3.24. The molecule has 38 heavy (non-hydrogen) atoms. The summed E-state index contributed by atoms with van der Waals surface area (Å²) in [6.07, 6.45) is 1.92. The molecule has 0 aliphatic heterocycles. The standard InChI is InChI=1S/C29H29N5O3S/c1-17-12-18(2)27(19(3)13-17)31-26(35)16-38-29-33-32-28(22-15-30-23-9-7-6-8-21(22)23)34(29)24-14-20(36-4)10-11-25(24)37-5/h6-15,30H,16H2,1-5H3,(H,31,35). The Balaban J connectivity index is 1.53. The molecule has 0 aliphatic carbocycles. The van der Waals surface area contributed by atoms with Crippen LogP contribution < -0.4 is 14.8 Å². The molecule has 8 nitrogen and oxygen atoms in total. The van der Waals surface area contributed by atoms with Crippen molar-refractivity contribution in [2.75, 3.05) is 25.3 Å². The van der Waals surface area contributed by atoms with Gasteiger partial charge >= 0.3 is 0 Å². The summed E-state index contributed by atoms with van der Waals surface area (Å²) in [4.78, 5) is 16.3. The fraction of sp³-hybridized carbons (Fsp3) is 0.207. The van der Waals surface area contributed by atoms with Gasteiger partial charge in [0.2, 0.25) is 5.91 Å². The third-order valence-electron chi connectivity index (χ3n) is 6.36. The van der Waals surface area contributed by atoms with Gasteiger partial charge in [-0.1, -0.05) is 47.7 Å². The minimum absolute atomic E-state index is 0.120. The second kappa shape index (κ2) is 10.6. The van der Waals surface area contributed by atoms with E-state index in [0.717, 1.165) is 38.8 Å². The van der Waals surface area contributed by atoms with Crippen LogP contribution in [-0.2, 0) is 4.79 Å². The highest BCUT2D eigenvalue weighted by Gasteiger charge is 2.22. The lowest BCUT2D eigenvalue weighted by molar-refractivity contribution is -0.113. The largest absolute Gasteiger partial charge is 0.497 e. The molecule has 0 unspecified atom stereocenters. The van der Waals surface area contributed by atoms with Crippen LogP contribution in [0.4, 0.5) is 5.69 Å². The quantitative estimate of drug-likeness (QED) is 0.237. The van der Waals surface area contributed by atoms with Gasteiger partial charge in [-0.3, -0.25) is 9.36 Å². The molecule has 3 aromatic carbocycles. The van der Waals surface area contributed by atoms with E-state index in [1.54, 1.807) is 14.2 Å². The number of rotatable bonds is 8. The van der Waals surface area contributed by atoms with Crippen molar-refractivity contribution in [3.05, 3.63) is 77.5 Å². The predicted octanol–water partition coefficient (Wildman–Crippen LogP) is 6.09. The molecule has 0 fully saturated rings. The van der Waals surface area contributed by atoms with E-state index < -0.39 is 0 Å². The summed E-state index contributed by atoms with van der Waals surface area (Å²) in [5, 5.41) is 13.7. The van der Waals surface area contributed by atoms with E-state index in [1.165, 1.54) is 11.8 Å². The fourth-order valence-electron chi connectivity index (χ4n) is 4.67. The smallest absolute Gasteiger partial charge is 0.234 e. The number of hydrogen-bond acceptors (Lipinski definition) is 6. The van der Waals surface area contributed by atoms with Gasteiger partial charge in [-0.05, 0) is 50.1 Å². The van der Waals surface area contributed by atoms with Gasteiger partial charge in [0, 0.05) is 34.4 Å². The number of benzene rings is 3. The van der Waals surface area contributed by atoms with Gasteiger partial charge in [0.1, 0.15) is 11.5 Å². The second-order valence-corrected chi connectivity index (χ2v) is 9.98. The second-order valence-electron chi connectivity index (χ2n) is 9.04. The van der Waals surface area contributed by atoms with Gasteiger partial charge in [-0.15, -0.1) is 10.2 Å². The van der Waals surface area contributed by atoms with Crippen molar-refractivity contribution in [1.29, 1.82) is 0 Å². The molecule has 0 atom stereocenters. The number of carbonyl (C=O) groups excluding carboxylic acids is 1. The molecule has 5 aromatic rings. The summed E-state index contributed by atoms with van der Waals surface area (Å²) >= 11 is 1.31. The van der Waals surface area contributed by atoms with Gasteiger partial charge in [-0.25, -0.2) is 0 Å². The van der Waals surface area contributed by atoms with E-state index in [9.17, 15) is 4.79 Å². The number of anilines is 1. The van der Waals surface area contributed by atoms with Crippen molar-refractivity contribution in [2.24, 2.45) is 0 Å². The third kappa shape index (κ3) is 4.84. The van der Waals surface area contributed by atoms with Crippen LogP contribution in [0.5, 0.6) is 11.5 Å². The van der Waals surface area contributed by atoms with Crippen LogP contribution in [-0.4, -0.2) is 45.6 Å². The number of nitrogens with zero attached hydrogens (tertiary/aromatic N) is 3. The van der Waals surface area contributed by atoms with E-state index in [-0.39, 0.29) is 11.7 Å². The van der Waals surface area contributed by atoms with Crippen LogP contribution in [0, 0.1) is 20.8 Å². The number of aromatic amines is 1. The van der Waals surface area contributed by atoms with E-state index in [4.69, 9.17) is 9.47 Å². The van der Waals surface area contributed by atoms with Crippen molar-refractivity contribution in [2.45, 2.75) is 25.9 Å². The highest BCUT2D eigenvalue weighted by atomic mass is 32.2. The number of carbonyl (C=O) groups is 1. The Labute approximate surface area is 225 Å². The molecule has 2 aromatic heterocycles. The Morgan fingerprint density at radius 3 is 2.50 bits per heavy atom. The van der Waals surface area contributed by atoms with Crippen LogP contribution in [0.2, 0.25) is 0 Å². The lowest BCUT2D eigenvalue weighted by Crippen LogP contribution is -2.16. The van der Waals surface area contributed by atoms with Crippen LogP contribution in [0.3, 0.4) is 0 Å². The number of nitrogens with one attached hydrogen (secondary N) is 2. The monoisotopic (exact) mass is 527 g/mol. The topological polar surface area (TPSA) is 94.1 Å². The predicted molar refractivity (Wildman–Crippen MR) is 152 cm³/mol. The van der Waals surface area contributed by atoms with Gasteiger partial charge in [0.25, 0.3) is 0 Å². The van der Waals surface area contributed by atoms with Crippen molar-refractivity contribution in [1.82, 2.24) is 19.7 Å². The van der Waals surface area contributed by atoms with Gasteiger partial charge in [-0.2, -0.15) is 0 Å². The van der Waals surface area contributed by atoms with Gasteiger partial charge in [0.15, 0.2) is 11.0 Å². The number of fused-ring (bicyclic) bond motifs is 1. The van der Waals surface area contributed by atoms with E-state index in [1.807, 2.05) is 74.0 Å². The molecular weight excluding hydrogens is 498 g/mol. The minimum atomic E-state index is -0.120. The van der Waals surface area contributed by atoms with E-state index in [0.29, 0.717) is 28.2 Å². The van der Waals surface area contributed by atoms with Crippen molar-refractivity contribution in [3.63, 3.8) is 0 Å². The third-order valence-corrected chi connectivity index (χ3v) is 7.29. The number of hydrogen-bond donors (Lipinski definition) is 2. The maximum atomic E-state index is 13.0. The molecule has 0 saturated heterocycles. The number of para-hydroxylation sites is 1. The number of methoxy groups -OCH3 is 2. The highest BCUT2D eigenvalue weighted by Crippen LogP contribution is 2.37. The molecule has 0 aliphatic rings. The first kappa shape index (κ1) is 25.4. The Kier molecular flexibility index (Phi) is 7.11. The number of amides is 1. The molecule has 9 heteroatoms. The maximum Gasteiger partial charge on any atom is 0.234 e. The van der Waals surface area contributed by atoms with Crippen molar-refractivity contribution in [3.8, 4) is 28.6 Å². The highest BCUT2D eigenvalue weighted by molar-refractivity contribution is 7.99. The average Bonchev–Trinajstić information content (AvgIpc) is 3.53. The lowest BCUT2D eigenvalue weighted by Gasteiger charge is -2.15. The molecule has 0 spiro atoms. The minimum Gasteiger partial charge on any atom is -0.497 e. The van der Waals surface area contributed by atoms with Gasteiger partial charge in [0.05, 0.1) is 25.7 Å². The number of ether oxygens (including phenoxy) is 2. The molecule has 5 rings (SSSR count). The lowest BCUT2D eigenvalue weighted by atomic mass is 10.1. The molecule has 2 heterocycles.